The Balaban J connectivity index is 2.92. The molecule has 25 heavy (non-hydrogen) atoms. The molecule has 1 aliphatic heterocycles. The Labute approximate surface area is 156 Å². The first-order valence-corrected chi connectivity index (χ1v) is 12.2. The van der Waals surface area contributed by atoms with Crippen molar-refractivity contribution >= 4 is 25.7 Å². The van der Waals surface area contributed by atoms with Crippen molar-refractivity contribution in [1.29, 1.82) is 0 Å². The summed E-state index contributed by atoms with van der Waals surface area (Å²) in [7, 11) is -2.06. The van der Waals surface area contributed by atoms with Crippen molar-refractivity contribution in [1.82, 2.24) is 4.31 Å². The Kier molecular flexibility index (Phi) is 7.68. The predicted molar refractivity (Wildman–Crippen MR) is 103 cm³/mol. The Morgan fingerprint density at radius 3 is 2.04 bits per heavy atom. The van der Waals surface area contributed by atoms with Crippen molar-refractivity contribution < 1.29 is 22.3 Å². The quantitative estimate of drug-likeness (QED) is 0.626. The van der Waals surface area contributed by atoms with E-state index in [2.05, 4.69) is 41.5 Å². The highest BCUT2D eigenvalue weighted by molar-refractivity contribution is 7.78. The van der Waals surface area contributed by atoms with Crippen LogP contribution in [0.25, 0.3) is 0 Å². The molecule has 148 valence electrons. The van der Waals surface area contributed by atoms with Gasteiger partial charge >= 0.3 is 6.09 Å². The second kappa shape index (κ2) is 8.50. The highest BCUT2D eigenvalue weighted by Crippen LogP contribution is 2.42. The summed E-state index contributed by atoms with van der Waals surface area (Å²) in [4.78, 5) is 12.4. The monoisotopic (exact) mass is 393 g/mol. The number of carbonyl (C=O) groups is 1. The first-order chi connectivity index (χ1) is 11.3. The van der Waals surface area contributed by atoms with E-state index in [1.54, 1.807) is 20.8 Å². The zero-order chi connectivity index (χ0) is 19.6. The maximum atomic E-state index is 12.4. The molecule has 1 saturated heterocycles. The molecule has 8 heteroatoms. The van der Waals surface area contributed by atoms with Crippen molar-refractivity contribution in [3.63, 3.8) is 0 Å². The van der Waals surface area contributed by atoms with Crippen molar-refractivity contribution in [3.05, 3.63) is 0 Å². The SMILES string of the molecule is CC(C)[Si](OC[C@H]1COS(=O)N1C(=O)OC(C)(C)C)(C(C)C)C(C)C. The van der Waals surface area contributed by atoms with E-state index in [4.69, 9.17) is 13.3 Å². The molecule has 1 unspecified atom stereocenters. The molecule has 0 saturated carbocycles. The van der Waals surface area contributed by atoms with Gasteiger partial charge in [0.25, 0.3) is 11.3 Å². The smallest absolute Gasteiger partial charge is 0.424 e. The Bertz CT molecular complexity index is 468. The fourth-order valence-corrected chi connectivity index (χ4v) is 10.1. The minimum atomic E-state index is -2.06. The third-order valence-electron chi connectivity index (χ3n) is 4.66. The maximum absolute atomic E-state index is 12.4. The first kappa shape index (κ1) is 22.6. The van der Waals surface area contributed by atoms with E-state index < -0.39 is 31.3 Å². The van der Waals surface area contributed by atoms with Gasteiger partial charge in [-0.1, -0.05) is 41.5 Å². The average Bonchev–Trinajstić information content (AvgIpc) is 2.77. The minimum absolute atomic E-state index is 0.199. The summed E-state index contributed by atoms with van der Waals surface area (Å²) in [5.74, 6) is 0. The van der Waals surface area contributed by atoms with Crippen LogP contribution in [0.2, 0.25) is 16.6 Å². The van der Waals surface area contributed by atoms with Crippen LogP contribution in [-0.4, -0.2) is 47.8 Å². The molecular formula is C17H35NO5SSi. The lowest BCUT2D eigenvalue weighted by Crippen LogP contribution is -2.51. The van der Waals surface area contributed by atoms with Gasteiger partial charge in [-0.05, 0) is 37.4 Å². The van der Waals surface area contributed by atoms with E-state index in [-0.39, 0.29) is 12.6 Å². The van der Waals surface area contributed by atoms with Crippen LogP contribution in [0.3, 0.4) is 0 Å². The topological polar surface area (TPSA) is 65.1 Å². The number of ether oxygens (including phenoxy) is 1. The van der Waals surface area contributed by atoms with E-state index in [9.17, 15) is 9.00 Å². The van der Waals surface area contributed by atoms with Crippen molar-refractivity contribution in [2.75, 3.05) is 13.2 Å². The van der Waals surface area contributed by atoms with Crippen LogP contribution in [-0.2, 0) is 24.6 Å². The zero-order valence-electron chi connectivity index (χ0n) is 17.1. The number of rotatable bonds is 6. The fourth-order valence-electron chi connectivity index (χ4n) is 3.76. The van der Waals surface area contributed by atoms with Gasteiger partial charge in [-0.3, -0.25) is 4.18 Å². The van der Waals surface area contributed by atoms with Gasteiger partial charge in [0, 0.05) is 0 Å². The molecule has 1 fully saturated rings. The van der Waals surface area contributed by atoms with Crippen LogP contribution in [0.5, 0.6) is 0 Å². The molecule has 1 amide bonds. The van der Waals surface area contributed by atoms with Gasteiger partial charge in [0.05, 0.1) is 19.3 Å². The maximum Gasteiger partial charge on any atom is 0.424 e. The number of nitrogens with zero attached hydrogens (tertiary/aromatic N) is 1. The third-order valence-corrected chi connectivity index (χ3v) is 11.8. The molecule has 0 bridgehead atoms. The second-order valence-corrected chi connectivity index (χ2v) is 15.1. The standard InChI is InChI=1S/C17H35NO5SSi/c1-12(2)25(13(3)4,14(5)6)22-11-15-10-21-24(20)18(15)16(19)23-17(7,8)9/h12-15H,10-11H2,1-9H3/t15-,24?/m1/s1. The molecule has 1 heterocycles. The highest BCUT2D eigenvalue weighted by Gasteiger charge is 2.47. The lowest BCUT2D eigenvalue weighted by Gasteiger charge is -2.43. The Morgan fingerprint density at radius 1 is 1.16 bits per heavy atom. The lowest BCUT2D eigenvalue weighted by atomic mass is 10.2. The lowest BCUT2D eigenvalue weighted by molar-refractivity contribution is 0.0327. The van der Waals surface area contributed by atoms with Crippen LogP contribution in [0.15, 0.2) is 0 Å². The number of carbonyl (C=O) groups excluding carboxylic acids is 1. The number of hydrogen-bond donors (Lipinski definition) is 0. The number of hydrogen-bond acceptors (Lipinski definition) is 5. The molecule has 0 aliphatic carbocycles. The summed E-state index contributed by atoms with van der Waals surface area (Å²) in [6.45, 7) is 19.1. The molecule has 0 aromatic rings. The molecule has 1 rings (SSSR count). The molecule has 2 atom stereocenters. The largest absolute Gasteiger partial charge is 0.443 e. The summed E-state index contributed by atoms with van der Waals surface area (Å²) in [5, 5.41) is 0. The number of amides is 1. The van der Waals surface area contributed by atoms with Gasteiger partial charge in [0.1, 0.15) is 5.60 Å². The van der Waals surface area contributed by atoms with Crippen LogP contribution in [0.4, 0.5) is 4.79 Å². The van der Waals surface area contributed by atoms with E-state index in [1.165, 1.54) is 4.31 Å². The predicted octanol–water partition coefficient (Wildman–Crippen LogP) is 4.39. The van der Waals surface area contributed by atoms with Crippen molar-refractivity contribution in [2.45, 2.75) is 90.6 Å². The van der Waals surface area contributed by atoms with Gasteiger partial charge in [-0.15, -0.1) is 0 Å². The van der Waals surface area contributed by atoms with E-state index in [0.29, 0.717) is 23.2 Å². The summed E-state index contributed by atoms with van der Waals surface area (Å²) < 4.78 is 30.4. The van der Waals surface area contributed by atoms with Crippen molar-refractivity contribution in [3.8, 4) is 0 Å². The Hall–Kier alpha value is -0.443. The summed E-state index contributed by atoms with van der Waals surface area (Å²) in [6, 6.07) is -0.390. The molecule has 0 aromatic heterocycles. The van der Waals surface area contributed by atoms with Crippen LogP contribution in [0, 0.1) is 0 Å². The van der Waals surface area contributed by atoms with E-state index in [1.807, 2.05) is 0 Å². The van der Waals surface area contributed by atoms with Gasteiger partial charge in [0.15, 0.2) is 8.32 Å². The van der Waals surface area contributed by atoms with Gasteiger partial charge in [-0.25, -0.2) is 9.00 Å². The molecule has 6 nitrogen and oxygen atoms in total. The second-order valence-electron chi connectivity index (χ2n) is 8.59. The fraction of sp³-hybridized carbons (Fsp3) is 0.941. The van der Waals surface area contributed by atoms with Crippen molar-refractivity contribution in [2.24, 2.45) is 0 Å². The average molecular weight is 394 g/mol. The Morgan fingerprint density at radius 2 is 1.64 bits per heavy atom. The zero-order valence-corrected chi connectivity index (χ0v) is 18.9. The van der Waals surface area contributed by atoms with Crippen LogP contribution >= 0.6 is 0 Å². The molecule has 0 radical (unpaired) electrons. The molecule has 0 N–H and O–H groups in total. The molecule has 0 spiro atoms. The molecule has 0 aromatic carbocycles. The van der Waals surface area contributed by atoms with Gasteiger partial charge in [-0.2, -0.15) is 4.31 Å². The highest BCUT2D eigenvalue weighted by atomic mass is 32.2. The third kappa shape index (κ3) is 5.27. The summed E-state index contributed by atoms with van der Waals surface area (Å²) in [5.41, 5.74) is 0.669. The van der Waals surface area contributed by atoms with Crippen LogP contribution in [0.1, 0.15) is 62.3 Å². The van der Waals surface area contributed by atoms with E-state index in [0.717, 1.165) is 0 Å². The molecular weight excluding hydrogens is 358 g/mol. The van der Waals surface area contributed by atoms with Crippen LogP contribution < -0.4 is 0 Å². The minimum Gasteiger partial charge on any atom is -0.443 e. The summed E-state index contributed by atoms with van der Waals surface area (Å²) >= 11 is -1.82. The van der Waals surface area contributed by atoms with Gasteiger partial charge < -0.3 is 9.16 Å². The normalized spacial score (nSPS) is 22.3. The van der Waals surface area contributed by atoms with E-state index >= 15 is 0 Å². The molecule has 1 aliphatic rings. The summed E-state index contributed by atoms with van der Waals surface area (Å²) in [6.07, 6.45) is -0.622. The van der Waals surface area contributed by atoms with Gasteiger partial charge in [0.2, 0.25) is 0 Å². The first-order valence-electron chi connectivity index (χ1n) is 9.04.